The number of amides is 2. The fourth-order valence-electron chi connectivity index (χ4n) is 1.35. The van der Waals surface area contributed by atoms with E-state index in [9.17, 15) is 9.59 Å². The minimum absolute atomic E-state index is 0.0151. The zero-order valence-electron chi connectivity index (χ0n) is 11.4. The summed E-state index contributed by atoms with van der Waals surface area (Å²) in [7, 11) is 0. The van der Waals surface area contributed by atoms with Crippen LogP contribution in [0.4, 0.5) is 0 Å². The number of thiocarbonyl (C=S) groups is 1. The SMILES string of the molecule is CCOCC(=O)NNC(=S)NC(=O)c1cccc(C)c1. The molecule has 0 saturated heterocycles. The van der Waals surface area contributed by atoms with Crippen LogP contribution in [0.25, 0.3) is 0 Å². The van der Waals surface area contributed by atoms with Crippen molar-refractivity contribution >= 4 is 29.1 Å². The number of rotatable bonds is 4. The lowest BCUT2D eigenvalue weighted by Gasteiger charge is -2.10. The number of carbonyl (C=O) groups excluding carboxylic acids is 2. The van der Waals surface area contributed by atoms with E-state index >= 15 is 0 Å². The molecule has 0 spiro atoms. The molecule has 0 aromatic heterocycles. The minimum atomic E-state index is -0.376. The van der Waals surface area contributed by atoms with E-state index in [2.05, 4.69) is 16.2 Å². The highest BCUT2D eigenvalue weighted by molar-refractivity contribution is 7.80. The van der Waals surface area contributed by atoms with E-state index < -0.39 is 0 Å². The first-order chi connectivity index (χ1) is 9.52. The van der Waals surface area contributed by atoms with Gasteiger partial charge in [-0.05, 0) is 38.2 Å². The second-order valence-corrected chi connectivity index (χ2v) is 4.37. The Morgan fingerprint density at radius 2 is 2.05 bits per heavy atom. The summed E-state index contributed by atoms with van der Waals surface area (Å²) < 4.78 is 4.91. The molecule has 0 heterocycles. The molecule has 0 aliphatic carbocycles. The van der Waals surface area contributed by atoms with Crippen LogP contribution in [0.1, 0.15) is 22.8 Å². The highest BCUT2D eigenvalue weighted by Crippen LogP contribution is 2.03. The van der Waals surface area contributed by atoms with Crippen LogP contribution in [0.15, 0.2) is 24.3 Å². The van der Waals surface area contributed by atoms with Gasteiger partial charge < -0.3 is 4.74 Å². The van der Waals surface area contributed by atoms with Gasteiger partial charge in [0, 0.05) is 12.2 Å². The van der Waals surface area contributed by atoms with Crippen molar-refractivity contribution in [3.63, 3.8) is 0 Å². The predicted molar refractivity (Wildman–Crippen MR) is 79.0 cm³/mol. The van der Waals surface area contributed by atoms with Crippen LogP contribution in [-0.2, 0) is 9.53 Å². The first-order valence-electron chi connectivity index (χ1n) is 6.07. The van der Waals surface area contributed by atoms with Crippen LogP contribution in [0.5, 0.6) is 0 Å². The van der Waals surface area contributed by atoms with Crippen molar-refractivity contribution in [2.45, 2.75) is 13.8 Å². The highest BCUT2D eigenvalue weighted by Gasteiger charge is 2.08. The fourth-order valence-corrected chi connectivity index (χ4v) is 1.49. The van der Waals surface area contributed by atoms with E-state index in [1.165, 1.54) is 0 Å². The Morgan fingerprint density at radius 3 is 2.70 bits per heavy atom. The van der Waals surface area contributed by atoms with Gasteiger partial charge in [0.2, 0.25) is 0 Å². The summed E-state index contributed by atoms with van der Waals surface area (Å²) in [5, 5.41) is 2.48. The number of ether oxygens (including phenoxy) is 1. The number of nitrogens with one attached hydrogen (secondary N) is 3. The van der Waals surface area contributed by atoms with Gasteiger partial charge in [-0.15, -0.1) is 0 Å². The first-order valence-corrected chi connectivity index (χ1v) is 6.48. The van der Waals surface area contributed by atoms with Gasteiger partial charge in [-0.2, -0.15) is 0 Å². The molecule has 7 heteroatoms. The lowest BCUT2D eigenvalue weighted by molar-refractivity contribution is -0.126. The van der Waals surface area contributed by atoms with Crippen molar-refractivity contribution in [3.8, 4) is 0 Å². The van der Waals surface area contributed by atoms with Crippen molar-refractivity contribution in [2.24, 2.45) is 0 Å². The number of hydrazine groups is 1. The molecule has 0 aliphatic rings. The summed E-state index contributed by atoms with van der Waals surface area (Å²) in [4.78, 5) is 23.1. The molecular formula is C13H17N3O3S. The van der Waals surface area contributed by atoms with Gasteiger partial charge in [0.05, 0.1) is 0 Å². The minimum Gasteiger partial charge on any atom is -0.372 e. The topological polar surface area (TPSA) is 79.5 Å². The lowest BCUT2D eigenvalue weighted by atomic mass is 10.1. The predicted octanol–water partition coefficient (Wildman–Crippen LogP) is 0.667. The molecule has 108 valence electrons. The number of aryl methyl sites for hydroxylation is 1. The average molecular weight is 295 g/mol. The Labute approximate surface area is 122 Å². The quantitative estimate of drug-likeness (QED) is 0.562. The van der Waals surface area contributed by atoms with Gasteiger partial charge in [-0.1, -0.05) is 17.7 Å². The Balaban J connectivity index is 2.39. The summed E-state index contributed by atoms with van der Waals surface area (Å²) >= 11 is 4.90. The molecule has 0 unspecified atom stereocenters. The van der Waals surface area contributed by atoms with E-state index in [4.69, 9.17) is 17.0 Å². The summed E-state index contributed by atoms with van der Waals surface area (Å²) in [6, 6.07) is 7.09. The lowest BCUT2D eigenvalue weighted by Crippen LogP contribution is -2.49. The van der Waals surface area contributed by atoms with Crippen molar-refractivity contribution < 1.29 is 14.3 Å². The van der Waals surface area contributed by atoms with Crippen LogP contribution in [-0.4, -0.2) is 30.1 Å². The molecule has 0 fully saturated rings. The molecule has 6 nitrogen and oxygen atoms in total. The second-order valence-electron chi connectivity index (χ2n) is 3.96. The monoisotopic (exact) mass is 295 g/mol. The zero-order valence-corrected chi connectivity index (χ0v) is 12.2. The third-order valence-electron chi connectivity index (χ3n) is 2.26. The summed E-state index contributed by atoms with van der Waals surface area (Å²) in [6.45, 7) is 4.05. The first kappa shape index (κ1) is 16.1. The molecule has 0 aliphatic heterocycles. The van der Waals surface area contributed by atoms with E-state index in [1.807, 2.05) is 13.0 Å². The molecule has 1 rings (SSSR count). The Hall–Kier alpha value is -1.99. The number of hydrogen-bond donors (Lipinski definition) is 3. The van der Waals surface area contributed by atoms with E-state index in [1.54, 1.807) is 25.1 Å². The summed E-state index contributed by atoms with van der Waals surface area (Å²) in [6.07, 6.45) is 0. The van der Waals surface area contributed by atoms with Gasteiger partial charge in [0.1, 0.15) is 6.61 Å². The van der Waals surface area contributed by atoms with Crippen molar-refractivity contribution in [1.82, 2.24) is 16.2 Å². The maximum atomic E-state index is 11.8. The van der Waals surface area contributed by atoms with Gasteiger partial charge in [-0.25, -0.2) is 0 Å². The molecule has 0 saturated carbocycles. The maximum absolute atomic E-state index is 11.8. The molecule has 1 aromatic rings. The van der Waals surface area contributed by atoms with Crippen molar-refractivity contribution in [2.75, 3.05) is 13.2 Å². The maximum Gasteiger partial charge on any atom is 0.264 e. The molecule has 0 atom stereocenters. The van der Waals surface area contributed by atoms with Crippen LogP contribution in [0.3, 0.4) is 0 Å². The molecule has 0 bridgehead atoms. The molecule has 3 N–H and O–H groups in total. The molecule has 1 aromatic carbocycles. The highest BCUT2D eigenvalue weighted by atomic mass is 32.1. The van der Waals surface area contributed by atoms with Gasteiger partial charge in [0.15, 0.2) is 5.11 Å². The van der Waals surface area contributed by atoms with Crippen LogP contribution < -0.4 is 16.2 Å². The smallest absolute Gasteiger partial charge is 0.264 e. The third kappa shape index (κ3) is 5.77. The fraction of sp³-hybridized carbons (Fsp3) is 0.308. The third-order valence-corrected chi connectivity index (χ3v) is 2.46. The van der Waals surface area contributed by atoms with Crippen molar-refractivity contribution in [3.05, 3.63) is 35.4 Å². The van der Waals surface area contributed by atoms with E-state index in [0.717, 1.165) is 5.56 Å². The number of carbonyl (C=O) groups is 2. The van der Waals surface area contributed by atoms with Gasteiger partial charge >= 0.3 is 0 Å². The zero-order chi connectivity index (χ0) is 15.0. The summed E-state index contributed by atoms with van der Waals surface area (Å²) in [5.74, 6) is -0.718. The number of hydrogen-bond acceptors (Lipinski definition) is 4. The Bertz CT molecular complexity index is 505. The molecule has 0 radical (unpaired) electrons. The van der Waals surface area contributed by atoms with Gasteiger partial charge in [-0.3, -0.25) is 25.8 Å². The van der Waals surface area contributed by atoms with E-state index in [-0.39, 0.29) is 23.5 Å². The normalized spacial score (nSPS) is 9.70. The van der Waals surface area contributed by atoms with Crippen molar-refractivity contribution in [1.29, 1.82) is 0 Å². The van der Waals surface area contributed by atoms with E-state index in [0.29, 0.717) is 12.2 Å². The summed E-state index contributed by atoms with van der Waals surface area (Å²) in [5.41, 5.74) is 6.21. The molecule has 20 heavy (non-hydrogen) atoms. The Morgan fingerprint density at radius 1 is 1.30 bits per heavy atom. The van der Waals surface area contributed by atoms with Crippen LogP contribution in [0, 0.1) is 6.92 Å². The van der Waals surface area contributed by atoms with Gasteiger partial charge in [0.25, 0.3) is 11.8 Å². The average Bonchev–Trinajstić information content (AvgIpc) is 2.42. The second kappa shape index (κ2) is 8.23. The largest absolute Gasteiger partial charge is 0.372 e. The van der Waals surface area contributed by atoms with Crippen LogP contribution in [0.2, 0.25) is 0 Å². The molecule has 2 amide bonds. The number of benzene rings is 1. The van der Waals surface area contributed by atoms with Crippen LogP contribution >= 0.6 is 12.2 Å². The molecular weight excluding hydrogens is 278 g/mol. The Kier molecular flexibility index (Phi) is 6.61. The standard InChI is InChI=1S/C13H17N3O3S/c1-3-19-8-11(17)15-16-13(20)14-12(18)10-6-4-5-9(2)7-10/h4-7H,3,8H2,1-2H3,(H,15,17)(H2,14,16,18,20).